The van der Waals surface area contributed by atoms with E-state index in [1.807, 2.05) is 49.8 Å². The van der Waals surface area contributed by atoms with Gasteiger partial charge in [-0.1, -0.05) is 23.7 Å². The number of pyridine rings is 1. The van der Waals surface area contributed by atoms with Crippen molar-refractivity contribution in [3.63, 3.8) is 0 Å². The Morgan fingerprint density at radius 1 is 1.24 bits per heavy atom. The maximum atomic E-state index is 6.17. The molecule has 3 rings (SSSR count). The monoisotopic (exact) mass is 300 g/mol. The summed E-state index contributed by atoms with van der Waals surface area (Å²) in [6.45, 7) is 0. The molecule has 1 aromatic carbocycles. The van der Waals surface area contributed by atoms with Gasteiger partial charge in [-0.2, -0.15) is 0 Å². The van der Waals surface area contributed by atoms with Crippen LogP contribution < -0.4 is 5.32 Å². The van der Waals surface area contributed by atoms with Crippen LogP contribution in [0, 0.1) is 0 Å². The predicted molar refractivity (Wildman–Crippen MR) is 85.6 cm³/mol. The molecule has 1 atom stereocenters. The molecule has 0 aliphatic rings. The summed E-state index contributed by atoms with van der Waals surface area (Å²) in [7, 11) is 1.95. The van der Waals surface area contributed by atoms with Crippen LogP contribution in [0.4, 0.5) is 0 Å². The highest BCUT2D eigenvalue weighted by Gasteiger charge is 2.15. The van der Waals surface area contributed by atoms with E-state index < -0.39 is 0 Å². The largest absolute Gasteiger partial charge is 0.458 e. The van der Waals surface area contributed by atoms with E-state index in [1.165, 1.54) is 5.56 Å². The Morgan fingerprint density at radius 2 is 2.05 bits per heavy atom. The van der Waals surface area contributed by atoms with Gasteiger partial charge in [0.15, 0.2) is 5.58 Å². The number of hydrogen-bond acceptors (Lipinski definition) is 3. The van der Waals surface area contributed by atoms with Crippen LogP contribution in [0.25, 0.3) is 11.0 Å². The number of benzene rings is 1. The quantitative estimate of drug-likeness (QED) is 0.760. The number of furan rings is 1. The number of halogens is 1. The molecule has 0 spiro atoms. The molecule has 1 unspecified atom stereocenters. The minimum Gasteiger partial charge on any atom is -0.458 e. The molecule has 0 aliphatic carbocycles. The summed E-state index contributed by atoms with van der Waals surface area (Å²) in [4.78, 5) is 4.04. The molecule has 2 heterocycles. The zero-order valence-electron chi connectivity index (χ0n) is 11.8. The topological polar surface area (TPSA) is 38.1 Å². The number of rotatable bonds is 5. The van der Waals surface area contributed by atoms with E-state index in [2.05, 4.69) is 16.4 Å². The van der Waals surface area contributed by atoms with Crippen LogP contribution in [-0.2, 0) is 6.42 Å². The van der Waals surface area contributed by atoms with Crippen LogP contribution in [0.2, 0.25) is 5.02 Å². The van der Waals surface area contributed by atoms with Gasteiger partial charge in [0.1, 0.15) is 5.76 Å². The van der Waals surface area contributed by atoms with E-state index in [0.717, 1.165) is 29.6 Å². The third-order valence-electron chi connectivity index (χ3n) is 3.68. The Balaban J connectivity index is 1.80. The lowest BCUT2D eigenvalue weighted by Crippen LogP contribution is -2.16. The second-order valence-electron chi connectivity index (χ2n) is 5.04. The van der Waals surface area contributed by atoms with E-state index in [0.29, 0.717) is 5.02 Å². The van der Waals surface area contributed by atoms with Gasteiger partial charge in [-0.05, 0) is 49.7 Å². The van der Waals surface area contributed by atoms with Crippen LogP contribution in [0.15, 0.2) is 53.2 Å². The Labute approximate surface area is 128 Å². The third-order valence-corrected chi connectivity index (χ3v) is 3.98. The molecular weight excluding hydrogens is 284 g/mol. The van der Waals surface area contributed by atoms with E-state index in [9.17, 15) is 0 Å². The van der Waals surface area contributed by atoms with Crippen molar-refractivity contribution >= 4 is 22.6 Å². The fourth-order valence-electron chi connectivity index (χ4n) is 2.51. The summed E-state index contributed by atoms with van der Waals surface area (Å²) in [5.41, 5.74) is 2.04. The van der Waals surface area contributed by atoms with E-state index >= 15 is 0 Å². The Bertz CT molecular complexity index is 724. The lowest BCUT2D eigenvalue weighted by molar-refractivity contribution is 0.433. The number of hydrogen-bond donors (Lipinski definition) is 1. The first-order valence-electron chi connectivity index (χ1n) is 7.02. The van der Waals surface area contributed by atoms with Gasteiger partial charge in [0.2, 0.25) is 0 Å². The van der Waals surface area contributed by atoms with Crippen molar-refractivity contribution in [1.82, 2.24) is 10.3 Å². The maximum Gasteiger partial charge on any atom is 0.152 e. The molecule has 108 valence electrons. The van der Waals surface area contributed by atoms with Gasteiger partial charge < -0.3 is 9.73 Å². The van der Waals surface area contributed by atoms with Gasteiger partial charge in [-0.25, -0.2) is 0 Å². The molecule has 0 fully saturated rings. The van der Waals surface area contributed by atoms with Gasteiger partial charge >= 0.3 is 0 Å². The summed E-state index contributed by atoms with van der Waals surface area (Å²) in [5, 5.41) is 5.02. The minimum atomic E-state index is 0.168. The number of nitrogens with one attached hydrogen (secondary N) is 1. The molecule has 3 nitrogen and oxygen atoms in total. The van der Waals surface area contributed by atoms with Crippen LogP contribution in [0.1, 0.15) is 23.8 Å². The van der Waals surface area contributed by atoms with Crippen molar-refractivity contribution in [3.05, 3.63) is 65.1 Å². The molecule has 0 saturated carbocycles. The summed E-state index contributed by atoms with van der Waals surface area (Å²) in [5.74, 6) is 0.926. The summed E-state index contributed by atoms with van der Waals surface area (Å²) in [6.07, 6.45) is 5.58. The first-order chi connectivity index (χ1) is 10.3. The predicted octanol–water partition coefficient (Wildman–Crippen LogP) is 4.37. The average Bonchev–Trinajstić information content (AvgIpc) is 2.94. The number of aryl methyl sites for hydroxylation is 1. The molecule has 2 aromatic heterocycles. The zero-order chi connectivity index (χ0) is 14.7. The molecule has 4 heteroatoms. The maximum absolute atomic E-state index is 6.17. The Hall–Kier alpha value is -1.84. The highest BCUT2D eigenvalue weighted by molar-refractivity contribution is 6.34. The normalized spacial score (nSPS) is 12.7. The van der Waals surface area contributed by atoms with E-state index in [-0.39, 0.29) is 6.04 Å². The van der Waals surface area contributed by atoms with Crippen molar-refractivity contribution in [2.45, 2.75) is 18.9 Å². The summed E-state index contributed by atoms with van der Waals surface area (Å²) >= 11 is 6.17. The van der Waals surface area contributed by atoms with Crippen molar-refractivity contribution in [2.24, 2.45) is 0 Å². The first kappa shape index (κ1) is 14.1. The standard InChI is InChI=1S/C17H17ClN2O/c1-19-15(6-5-12-7-9-20-10-8-12)16-11-13-3-2-4-14(18)17(13)21-16/h2-4,7-11,15,19H,5-6H2,1H3. The van der Waals surface area contributed by atoms with Crippen molar-refractivity contribution in [3.8, 4) is 0 Å². The van der Waals surface area contributed by atoms with Crippen molar-refractivity contribution in [1.29, 1.82) is 0 Å². The smallest absolute Gasteiger partial charge is 0.152 e. The highest BCUT2D eigenvalue weighted by atomic mass is 35.5. The number of para-hydroxylation sites is 1. The van der Waals surface area contributed by atoms with Gasteiger partial charge in [-0.15, -0.1) is 0 Å². The molecular formula is C17H17ClN2O. The van der Waals surface area contributed by atoms with Crippen molar-refractivity contribution in [2.75, 3.05) is 7.05 Å². The lowest BCUT2D eigenvalue weighted by Gasteiger charge is -2.13. The summed E-state index contributed by atoms with van der Waals surface area (Å²) < 4.78 is 5.93. The molecule has 0 amide bonds. The Kier molecular flexibility index (Phi) is 4.23. The SMILES string of the molecule is CNC(CCc1ccncc1)c1cc2cccc(Cl)c2o1. The molecule has 0 saturated heterocycles. The summed E-state index contributed by atoms with van der Waals surface area (Å²) in [6, 6.07) is 12.1. The number of aromatic nitrogens is 1. The van der Waals surface area contributed by atoms with Gasteiger partial charge in [0.25, 0.3) is 0 Å². The van der Waals surface area contributed by atoms with Gasteiger partial charge in [0, 0.05) is 17.8 Å². The molecule has 0 bridgehead atoms. The van der Waals surface area contributed by atoms with E-state index in [4.69, 9.17) is 16.0 Å². The zero-order valence-corrected chi connectivity index (χ0v) is 12.6. The number of nitrogens with zero attached hydrogens (tertiary/aromatic N) is 1. The van der Waals surface area contributed by atoms with Crippen LogP contribution in [0.3, 0.4) is 0 Å². The molecule has 21 heavy (non-hydrogen) atoms. The second kappa shape index (κ2) is 6.29. The van der Waals surface area contributed by atoms with Crippen molar-refractivity contribution < 1.29 is 4.42 Å². The first-order valence-corrected chi connectivity index (χ1v) is 7.40. The number of fused-ring (bicyclic) bond motifs is 1. The third kappa shape index (κ3) is 3.09. The fourth-order valence-corrected chi connectivity index (χ4v) is 2.73. The molecule has 1 N–H and O–H groups in total. The molecule has 0 radical (unpaired) electrons. The van der Waals surface area contributed by atoms with Crippen LogP contribution >= 0.6 is 11.6 Å². The fraction of sp³-hybridized carbons (Fsp3) is 0.235. The van der Waals surface area contributed by atoms with Gasteiger partial charge in [-0.3, -0.25) is 4.98 Å². The minimum absolute atomic E-state index is 0.168. The van der Waals surface area contributed by atoms with E-state index in [1.54, 1.807) is 0 Å². The molecule has 0 aliphatic heterocycles. The highest BCUT2D eigenvalue weighted by Crippen LogP contribution is 2.30. The lowest BCUT2D eigenvalue weighted by atomic mass is 10.0. The molecule has 3 aromatic rings. The van der Waals surface area contributed by atoms with Gasteiger partial charge in [0.05, 0.1) is 11.1 Å². The Morgan fingerprint density at radius 3 is 2.76 bits per heavy atom. The van der Waals surface area contributed by atoms with Crippen LogP contribution in [0.5, 0.6) is 0 Å². The average molecular weight is 301 g/mol. The van der Waals surface area contributed by atoms with Crippen LogP contribution in [-0.4, -0.2) is 12.0 Å². The second-order valence-corrected chi connectivity index (χ2v) is 5.45.